The van der Waals surface area contributed by atoms with E-state index in [4.69, 9.17) is 16.3 Å². The van der Waals surface area contributed by atoms with E-state index in [0.29, 0.717) is 11.3 Å². The van der Waals surface area contributed by atoms with E-state index in [1.54, 1.807) is 0 Å². The SMILES string of the molecule is CCCCCCCCCC[n+]1ccc(CCOc2nc(Cl)nc(Br)n2)cc1.[Br-]. The summed E-state index contributed by atoms with van der Waals surface area (Å²) in [6.45, 7) is 3.85. The topological polar surface area (TPSA) is 51.8 Å². The van der Waals surface area contributed by atoms with Crippen LogP contribution in [0.3, 0.4) is 0 Å². The molecule has 0 N–H and O–H groups in total. The van der Waals surface area contributed by atoms with Gasteiger partial charge in [0.25, 0.3) is 0 Å². The number of aromatic nitrogens is 4. The molecule has 0 bridgehead atoms. The first-order valence-electron chi connectivity index (χ1n) is 9.85. The molecule has 28 heavy (non-hydrogen) atoms. The molecule has 156 valence electrons. The quantitative estimate of drug-likeness (QED) is 0.291. The fourth-order valence-electron chi connectivity index (χ4n) is 2.87. The van der Waals surface area contributed by atoms with E-state index in [9.17, 15) is 0 Å². The van der Waals surface area contributed by atoms with Crippen molar-refractivity contribution in [2.24, 2.45) is 0 Å². The maximum absolute atomic E-state index is 5.78. The molecule has 0 aliphatic rings. The molecule has 2 heterocycles. The second kappa shape index (κ2) is 15.1. The Labute approximate surface area is 192 Å². The van der Waals surface area contributed by atoms with Gasteiger partial charge in [-0.2, -0.15) is 15.0 Å². The molecule has 0 unspecified atom stereocenters. The first kappa shape index (κ1) is 25.2. The van der Waals surface area contributed by atoms with Gasteiger partial charge in [-0.3, -0.25) is 0 Å². The Balaban J connectivity index is 0.00000392. The molecular formula is C20H29Br2ClN4O. The van der Waals surface area contributed by atoms with Gasteiger partial charge in [-0.1, -0.05) is 45.4 Å². The molecule has 5 nitrogen and oxygen atoms in total. The molecule has 0 amide bonds. The fraction of sp³-hybridized carbons (Fsp3) is 0.600. The first-order valence-corrected chi connectivity index (χ1v) is 11.0. The zero-order chi connectivity index (χ0) is 19.3. The van der Waals surface area contributed by atoms with Crippen molar-refractivity contribution in [1.29, 1.82) is 0 Å². The van der Waals surface area contributed by atoms with Crippen molar-refractivity contribution in [3.8, 4) is 6.01 Å². The normalized spacial score (nSPS) is 10.5. The van der Waals surface area contributed by atoms with Crippen molar-refractivity contribution < 1.29 is 26.3 Å². The van der Waals surface area contributed by atoms with Gasteiger partial charge in [-0.25, -0.2) is 4.57 Å². The van der Waals surface area contributed by atoms with Crippen LogP contribution >= 0.6 is 27.5 Å². The number of nitrogens with zero attached hydrogens (tertiary/aromatic N) is 4. The Morgan fingerprint density at radius 3 is 2.25 bits per heavy atom. The zero-order valence-electron chi connectivity index (χ0n) is 16.4. The van der Waals surface area contributed by atoms with Gasteiger partial charge in [0.15, 0.2) is 12.4 Å². The molecule has 0 aliphatic heterocycles. The van der Waals surface area contributed by atoms with E-state index in [1.165, 1.54) is 56.9 Å². The second-order valence-corrected chi connectivity index (χ2v) is 7.72. The monoisotopic (exact) mass is 534 g/mol. The van der Waals surface area contributed by atoms with Crippen molar-refractivity contribution in [2.75, 3.05) is 6.61 Å². The van der Waals surface area contributed by atoms with Gasteiger partial charge in [0, 0.05) is 25.0 Å². The van der Waals surface area contributed by atoms with Gasteiger partial charge >= 0.3 is 6.01 Å². The van der Waals surface area contributed by atoms with Crippen LogP contribution in [-0.4, -0.2) is 21.6 Å². The smallest absolute Gasteiger partial charge is 0.321 e. The van der Waals surface area contributed by atoms with Crippen LogP contribution in [0.1, 0.15) is 63.9 Å². The summed E-state index contributed by atoms with van der Waals surface area (Å²) in [4.78, 5) is 11.8. The summed E-state index contributed by atoms with van der Waals surface area (Å²) < 4.78 is 8.17. The lowest BCUT2D eigenvalue weighted by Gasteiger charge is -2.05. The molecule has 8 heteroatoms. The maximum atomic E-state index is 5.78. The molecule has 2 rings (SSSR count). The highest BCUT2D eigenvalue weighted by Gasteiger charge is 2.05. The summed E-state index contributed by atoms with van der Waals surface area (Å²) in [5.41, 5.74) is 1.22. The predicted octanol–water partition coefficient (Wildman–Crippen LogP) is 2.34. The van der Waals surface area contributed by atoms with Gasteiger partial charge in [0.1, 0.15) is 6.54 Å². The van der Waals surface area contributed by atoms with Crippen LogP contribution in [0.4, 0.5) is 0 Å². The standard InChI is InChI=1S/C20H29BrClN4O.BrH/c1-2-3-4-5-6-7-8-9-13-26-14-10-17(11-15-26)12-16-27-20-24-18(21)23-19(22)25-20;/h10-11,14-15H,2-9,12-13,16H2,1H3;1H/q+1;/p-1. The van der Waals surface area contributed by atoms with Gasteiger partial charge in [0.2, 0.25) is 10.0 Å². The van der Waals surface area contributed by atoms with E-state index >= 15 is 0 Å². The number of halogens is 3. The Morgan fingerprint density at radius 1 is 0.964 bits per heavy atom. The maximum Gasteiger partial charge on any atom is 0.321 e. The van der Waals surface area contributed by atoms with E-state index in [2.05, 4.69) is 66.9 Å². The van der Waals surface area contributed by atoms with Crippen molar-refractivity contribution in [3.05, 3.63) is 40.1 Å². The zero-order valence-corrected chi connectivity index (χ0v) is 20.3. The lowest BCUT2D eigenvalue weighted by molar-refractivity contribution is -0.697. The summed E-state index contributed by atoms with van der Waals surface area (Å²) in [5.74, 6) is 0. The number of unbranched alkanes of at least 4 members (excludes halogenated alkanes) is 7. The lowest BCUT2D eigenvalue weighted by Crippen LogP contribution is -3.00. The third-order valence-corrected chi connectivity index (χ3v) is 4.94. The van der Waals surface area contributed by atoms with E-state index in [-0.39, 0.29) is 28.3 Å². The number of ether oxygens (including phenoxy) is 1. The van der Waals surface area contributed by atoms with Crippen LogP contribution in [0.15, 0.2) is 29.3 Å². The van der Waals surface area contributed by atoms with E-state index in [0.717, 1.165) is 13.0 Å². The van der Waals surface area contributed by atoms with Crippen LogP contribution in [0, 0.1) is 0 Å². The van der Waals surface area contributed by atoms with Gasteiger partial charge in [0.05, 0.1) is 6.61 Å². The van der Waals surface area contributed by atoms with Crippen molar-refractivity contribution in [2.45, 2.75) is 71.3 Å². The van der Waals surface area contributed by atoms with Crippen LogP contribution in [0.5, 0.6) is 6.01 Å². The van der Waals surface area contributed by atoms with Crippen LogP contribution in [0.2, 0.25) is 5.28 Å². The summed E-state index contributed by atoms with van der Waals surface area (Å²) in [5, 5.41) is 0.119. The van der Waals surface area contributed by atoms with Crippen LogP contribution in [-0.2, 0) is 13.0 Å². The van der Waals surface area contributed by atoms with Crippen LogP contribution < -0.4 is 26.3 Å². The summed E-state index contributed by atoms with van der Waals surface area (Å²) in [6, 6.07) is 4.53. The highest BCUT2D eigenvalue weighted by atomic mass is 79.9. The third-order valence-electron chi connectivity index (χ3n) is 4.41. The Morgan fingerprint density at radius 2 is 1.61 bits per heavy atom. The average molecular weight is 537 g/mol. The van der Waals surface area contributed by atoms with Gasteiger partial charge < -0.3 is 21.7 Å². The first-order chi connectivity index (χ1) is 13.2. The van der Waals surface area contributed by atoms with Gasteiger partial charge in [-0.05, 0) is 39.5 Å². The van der Waals surface area contributed by atoms with Crippen LogP contribution in [0.25, 0.3) is 0 Å². The van der Waals surface area contributed by atoms with Gasteiger partial charge in [-0.15, -0.1) is 0 Å². The molecule has 2 aromatic rings. The number of hydrogen-bond donors (Lipinski definition) is 0. The molecule has 0 aromatic carbocycles. The minimum Gasteiger partial charge on any atom is -1.00 e. The molecule has 0 saturated heterocycles. The molecule has 0 fully saturated rings. The summed E-state index contributed by atoms with van der Waals surface area (Å²) >= 11 is 8.95. The van der Waals surface area contributed by atoms with Crippen molar-refractivity contribution in [1.82, 2.24) is 15.0 Å². The van der Waals surface area contributed by atoms with Crippen molar-refractivity contribution in [3.63, 3.8) is 0 Å². The number of pyridine rings is 1. The third kappa shape index (κ3) is 10.7. The Bertz CT molecular complexity index is 654. The molecule has 0 aliphatic carbocycles. The molecule has 0 atom stereocenters. The fourth-order valence-corrected chi connectivity index (χ4v) is 3.44. The summed E-state index contributed by atoms with van der Waals surface area (Å²) in [7, 11) is 0. The highest BCUT2D eigenvalue weighted by Crippen LogP contribution is 2.12. The largest absolute Gasteiger partial charge is 1.00 e. The van der Waals surface area contributed by atoms with E-state index in [1.807, 2.05) is 0 Å². The number of hydrogen-bond acceptors (Lipinski definition) is 4. The lowest BCUT2D eigenvalue weighted by atomic mass is 10.1. The second-order valence-electron chi connectivity index (χ2n) is 6.67. The van der Waals surface area contributed by atoms with Crippen molar-refractivity contribution >= 4 is 27.5 Å². The van der Waals surface area contributed by atoms with E-state index < -0.39 is 0 Å². The molecule has 0 saturated carbocycles. The number of aryl methyl sites for hydroxylation is 1. The minimum absolute atomic E-state index is 0. The highest BCUT2D eigenvalue weighted by molar-refractivity contribution is 9.10. The molecular weight excluding hydrogens is 508 g/mol. The Kier molecular flexibility index (Phi) is 13.6. The average Bonchev–Trinajstić information content (AvgIpc) is 2.64. The minimum atomic E-state index is 0. The molecule has 2 aromatic heterocycles. The Hall–Kier alpha value is -0.790. The number of rotatable bonds is 13. The summed E-state index contributed by atoms with van der Waals surface area (Å²) in [6.07, 6.45) is 15.9. The molecule has 0 radical (unpaired) electrons. The molecule has 0 spiro atoms. The predicted molar refractivity (Wildman–Crippen MR) is 111 cm³/mol.